The van der Waals surface area contributed by atoms with Gasteiger partial charge in [0.2, 0.25) is 5.91 Å². The summed E-state index contributed by atoms with van der Waals surface area (Å²) < 4.78 is 11.7. The van der Waals surface area contributed by atoms with Gasteiger partial charge in [-0.3, -0.25) is 14.9 Å². The minimum atomic E-state index is -0.908. The number of ether oxygens (including phenoxy) is 2. The van der Waals surface area contributed by atoms with E-state index in [1.54, 1.807) is 0 Å². The second kappa shape index (κ2) is 11.8. The van der Waals surface area contributed by atoms with Crippen molar-refractivity contribution >= 4 is 22.9 Å². The van der Waals surface area contributed by atoms with Crippen LogP contribution in [0.4, 0.5) is 4.79 Å². The molecule has 0 radical (unpaired) electrons. The zero-order valence-electron chi connectivity index (χ0n) is 21.1. The molecule has 2 atom stereocenters. The Hall–Kier alpha value is -3.33. The molecule has 3 aromatic rings. The van der Waals surface area contributed by atoms with Gasteiger partial charge in [-0.1, -0.05) is 42.1 Å². The van der Waals surface area contributed by atoms with Gasteiger partial charge in [0.15, 0.2) is 0 Å². The SMILES string of the molecule is Cc1cc(OC[C@H](O)CO)cc(C)c1-c1cccc(COc2ccc(CC3SC(=O)NC3=O)cc2)c1C. The fourth-order valence-electron chi connectivity index (χ4n) is 4.41. The fourth-order valence-corrected chi connectivity index (χ4v) is 5.27. The third kappa shape index (κ3) is 6.52. The third-order valence-electron chi connectivity index (χ3n) is 6.38. The number of benzene rings is 3. The highest BCUT2D eigenvalue weighted by Gasteiger charge is 2.31. The molecule has 1 aliphatic heterocycles. The number of thioether (sulfide) groups is 1. The number of hydrogen-bond donors (Lipinski definition) is 3. The number of hydrogen-bond acceptors (Lipinski definition) is 7. The lowest BCUT2D eigenvalue weighted by Gasteiger charge is -2.18. The third-order valence-corrected chi connectivity index (χ3v) is 7.36. The summed E-state index contributed by atoms with van der Waals surface area (Å²) in [5.74, 6) is 1.15. The molecule has 1 saturated heterocycles. The lowest BCUT2D eigenvalue weighted by atomic mass is 9.90. The highest BCUT2D eigenvalue weighted by Crippen LogP contribution is 2.34. The molecule has 4 rings (SSSR count). The number of aryl methyl sites for hydroxylation is 2. The lowest BCUT2D eigenvalue weighted by Crippen LogP contribution is -2.25. The van der Waals surface area contributed by atoms with Crippen molar-refractivity contribution in [2.45, 2.75) is 45.2 Å². The molecular weight excluding hydrogens is 490 g/mol. The molecule has 0 aliphatic carbocycles. The van der Waals surface area contributed by atoms with E-state index in [2.05, 4.69) is 24.4 Å². The van der Waals surface area contributed by atoms with Crippen molar-refractivity contribution in [3.05, 3.63) is 82.4 Å². The number of rotatable bonds is 10. The van der Waals surface area contributed by atoms with Gasteiger partial charge in [-0.2, -0.15) is 0 Å². The quantitative estimate of drug-likeness (QED) is 0.361. The van der Waals surface area contributed by atoms with Crippen LogP contribution in [0.25, 0.3) is 11.1 Å². The van der Waals surface area contributed by atoms with E-state index in [1.165, 1.54) is 0 Å². The number of imide groups is 1. The van der Waals surface area contributed by atoms with Crippen molar-refractivity contribution in [3.8, 4) is 22.6 Å². The number of carbonyl (C=O) groups excluding carboxylic acids is 2. The van der Waals surface area contributed by atoms with E-state index in [9.17, 15) is 14.7 Å². The Morgan fingerprint density at radius 3 is 2.30 bits per heavy atom. The first-order chi connectivity index (χ1) is 17.7. The van der Waals surface area contributed by atoms with Crippen LogP contribution in [0, 0.1) is 20.8 Å². The summed E-state index contributed by atoms with van der Waals surface area (Å²) in [5.41, 5.74) is 7.54. The number of aliphatic hydroxyl groups excluding tert-OH is 2. The minimum absolute atomic E-state index is 0.0378. The molecule has 2 amide bonds. The number of amides is 2. The van der Waals surface area contributed by atoms with E-state index < -0.39 is 6.10 Å². The minimum Gasteiger partial charge on any atom is -0.491 e. The molecule has 1 fully saturated rings. The van der Waals surface area contributed by atoms with Crippen molar-refractivity contribution in [1.29, 1.82) is 0 Å². The van der Waals surface area contributed by atoms with Crippen LogP contribution in [0.15, 0.2) is 54.6 Å². The van der Waals surface area contributed by atoms with Crippen molar-refractivity contribution < 1.29 is 29.3 Å². The highest BCUT2D eigenvalue weighted by molar-refractivity contribution is 8.15. The fraction of sp³-hybridized carbons (Fsp3) is 0.310. The lowest BCUT2D eigenvalue weighted by molar-refractivity contribution is -0.118. The molecule has 1 aliphatic rings. The second-order valence-corrected chi connectivity index (χ2v) is 10.4. The Morgan fingerprint density at radius 2 is 1.68 bits per heavy atom. The predicted molar refractivity (Wildman–Crippen MR) is 144 cm³/mol. The number of nitrogens with one attached hydrogen (secondary N) is 1. The maximum absolute atomic E-state index is 11.8. The molecule has 8 heteroatoms. The van der Waals surface area contributed by atoms with Crippen LogP contribution >= 0.6 is 11.8 Å². The van der Waals surface area contributed by atoms with Gasteiger partial charge in [-0.05, 0) is 90.4 Å². The Morgan fingerprint density at radius 1 is 0.973 bits per heavy atom. The molecule has 37 heavy (non-hydrogen) atoms. The molecule has 0 spiro atoms. The molecule has 7 nitrogen and oxygen atoms in total. The van der Waals surface area contributed by atoms with Gasteiger partial charge in [0, 0.05) is 0 Å². The van der Waals surface area contributed by atoms with Gasteiger partial charge < -0.3 is 19.7 Å². The Bertz CT molecular complexity index is 1270. The van der Waals surface area contributed by atoms with Crippen LogP contribution in [-0.4, -0.2) is 45.9 Å². The Labute approximate surface area is 220 Å². The first-order valence-electron chi connectivity index (χ1n) is 12.1. The van der Waals surface area contributed by atoms with Crippen molar-refractivity contribution in [1.82, 2.24) is 5.32 Å². The van der Waals surface area contributed by atoms with Gasteiger partial charge >= 0.3 is 0 Å². The average molecular weight is 522 g/mol. The standard InChI is InChI=1S/C29H31NO6S/c1-17-11-24(36-16-22(32)14-31)12-18(2)27(17)25-6-4-5-21(19(25)3)15-35-23-9-7-20(8-10-23)13-26-28(33)30-29(34)37-26/h4-12,22,26,31-32H,13-16H2,1-3H3,(H,30,33,34)/t22-,26?/m1/s1. The summed E-state index contributed by atoms with van der Waals surface area (Å²) in [6.07, 6.45) is -0.414. The van der Waals surface area contributed by atoms with E-state index >= 15 is 0 Å². The van der Waals surface area contributed by atoms with Crippen molar-refractivity contribution in [2.24, 2.45) is 0 Å². The topological polar surface area (TPSA) is 105 Å². The van der Waals surface area contributed by atoms with Crippen LogP contribution in [-0.2, 0) is 17.8 Å². The molecule has 0 saturated carbocycles. The van der Waals surface area contributed by atoms with E-state index in [0.29, 0.717) is 18.8 Å². The summed E-state index contributed by atoms with van der Waals surface area (Å²) in [6, 6.07) is 17.7. The summed E-state index contributed by atoms with van der Waals surface area (Å²) in [6.45, 7) is 6.26. The van der Waals surface area contributed by atoms with Gasteiger partial charge in [0.25, 0.3) is 5.24 Å². The average Bonchev–Trinajstić information content (AvgIpc) is 3.19. The maximum Gasteiger partial charge on any atom is 0.286 e. The van der Waals surface area contributed by atoms with Crippen LogP contribution in [0.5, 0.6) is 11.5 Å². The zero-order valence-corrected chi connectivity index (χ0v) is 21.9. The smallest absolute Gasteiger partial charge is 0.286 e. The van der Waals surface area contributed by atoms with Gasteiger partial charge in [0.05, 0.1) is 11.9 Å². The second-order valence-electron chi connectivity index (χ2n) is 9.19. The van der Waals surface area contributed by atoms with E-state index in [0.717, 1.165) is 56.5 Å². The molecule has 3 aromatic carbocycles. The molecule has 0 bridgehead atoms. The first kappa shape index (κ1) is 26.7. The van der Waals surface area contributed by atoms with Crippen LogP contribution in [0.3, 0.4) is 0 Å². The summed E-state index contributed by atoms with van der Waals surface area (Å²) >= 11 is 1.03. The van der Waals surface area contributed by atoms with Crippen LogP contribution < -0.4 is 14.8 Å². The Kier molecular flexibility index (Phi) is 8.53. The molecule has 3 N–H and O–H groups in total. The van der Waals surface area contributed by atoms with Crippen molar-refractivity contribution in [2.75, 3.05) is 13.2 Å². The van der Waals surface area contributed by atoms with E-state index in [-0.39, 0.29) is 29.6 Å². The number of carbonyl (C=O) groups is 2. The number of aliphatic hydroxyl groups is 2. The van der Waals surface area contributed by atoms with E-state index in [1.807, 2.05) is 56.3 Å². The predicted octanol–water partition coefficient (Wildman–Crippen LogP) is 4.48. The molecule has 1 heterocycles. The first-order valence-corrected chi connectivity index (χ1v) is 13.0. The Balaban J connectivity index is 1.44. The molecule has 0 aromatic heterocycles. The highest BCUT2D eigenvalue weighted by atomic mass is 32.2. The van der Waals surface area contributed by atoms with Gasteiger partial charge in [-0.15, -0.1) is 0 Å². The summed E-state index contributed by atoms with van der Waals surface area (Å²) in [5, 5.41) is 20.2. The van der Waals surface area contributed by atoms with Crippen LogP contribution in [0.2, 0.25) is 0 Å². The van der Waals surface area contributed by atoms with Crippen molar-refractivity contribution in [3.63, 3.8) is 0 Å². The molecule has 1 unspecified atom stereocenters. The van der Waals surface area contributed by atoms with Crippen LogP contribution in [0.1, 0.15) is 27.8 Å². The van der Waals surface area contributed by atoms with Gasteiger partial charge in [0.1, 0.15) is 30.8 Å². The molecule has 194 valence electrons. The maximum atomic E-state index is 11.8. The summed E-state index contributed by atoms with van der Waals surface area (Å²) in [4.78, 5) is 23.2. The van der Waals surface area contributed by atoms with Gasteiger partial charge in [-0.25, -0.2) is 0 Å². The van der Waals surface area contributed by atoms with E-state index in [4.69, 9.17) is 14.6 Å². The summed E-state index contributed by atoms with van der Waals surface area (Å²) in [7, 11) is 0. The zero-order chi connectivity index (χ0) is 26.5. The molecular formula is C29H31NO6S. The monoisotopic (exact) mass is 521 g/mol. The normalized spacial score (nSPS) is 16.0. The largest absolute Gasteiger partial charge is 0.491 e.